The van der Waals surface area contributed by atoms with Crippen LogP contribution in [0, 0.1) is 6.92 Å². The number of benzene rings is 1. The Morgan fingerprint density at radius 1 is 1.33 bits per heavy atom. The minimum absolute atomic E-state index is 0.348. The van der Waals surface area contributed by atoms with E-state index in [0.717, 1.165) is 0 Å². The average molecular weight is 250 g/mol. The first kappa shape index (κ1) is 15.0. The predicted molar refractivity (Wildman–Crippen MR) is 78.5 cm³/mol. The average Bonchev–Trinajstić information content (AvgIpc) is 2.28. The number of para-hydroxylation sites is 1. The number of aliphatic hydroxyl groups is 1. The van der Waals surface area contributed by atoms with Gasteiger partial charge in [-0.3, -0.25) is 0 Å². The summed E-state index contributed by atoms with van der Waals surface area (Å²) < 4.78 is 0. The molecule has 0 heterocycles. The number of nitrogens with one attached hydrogen (secondary N) is 1. The molecule has 102 valence electrons. The van der Waals surface area contributed by atoms with E-state index in [1.807, 2.05) is 14.1 Å². The van der Waals surface area contributed by atoms with Gasteiger partial charge in [0.15, 0.2) is 0 Å². The first-order valence-corrected chi connectivity index (χ1v) is 6.60. The second-order valence-electron chi connectivity index (χ2n) is 5.26. The summed E-state index contributed by atoms with van der Waals surface area (Å²) in [6.07, 6.45) is -0.348. The molecule has 3 heteroatoms. The third-order valence-corrected chi connectivity index (χ3v) is 3.20. The molecule has 2 N–H and O–H groups in total. The van der Waals surface area contributed by atoms with E-state index in [1.165, 1.54) is 16.8 Å². The summed E-state index contributed by atoms with van der Waals surface area (Å²) in [6, 6.07) is 6.40. The maximum absolute atomic E-state index is 9.90. The molecule has 0 amide bonds. The van der Waals surface area contributed by atoms with E-state index in [1.54, 1.807) is 0 Å². The SMILES string of the molecule is CNCC(O)CN(C)c1c(C)cccc1C(C)C. The minimum Gasteiger partial charge on any atom is -0.390 e. The van der Waals surface area contributed by atoms with Crippen LogP contribution in [0.5, 0.6) is 0 Å². The third kappa shape index (κ3) is 3.72. The highest BCUT2D eigenvalue weighted by Crippen LogP contribution is 2.30. The number of anilines is 1. The fourth-order valence-electron chi connectivity index (χ4n) is 2.38. The largest absolute Gasteiger partial charge is 0.390 e. The summed E-state index contributed by atoms with van der Waals surface area (Å²) in [5, 5.41) is 12.9. The quantitative estimate of drug-likeness (QED) is 0.812. The fourth-order valence-corrected chi connectivity index (χ4v) is 2.38. The maximum atomic E-state index is 9.90. The van der Waals surface area contributed by atoms with Crippen LogP contribution >= 0.6 is 0 Å². The number of likely N-dealkylation sites (N-methyl/N-ethyl adjacent to an activating group) is 2. The Bertz CT molecular complexity index is 377. The lowest BCUT2D eigenvalue weighted by Gasteiger charge is -2.28. The number of hydrogen-bond donors (Lipinski definition) is 2. The topological polar surface area (TPSA) is 35.5 Å². The number of nitrogens with zero attached hydrogens (tertiary/aromatic N) is 1. The number of hydrogen-bond acceptors (Lipinski definition) is 3. The van der Waals surface area contributed by atoms with E-state index in [0.29, 0.717) is 19.0 Å². The van der Waals surface area contributed by atoms with Gasteiger partial charge in [0.05, 0.1) is 6.10 Å². The Morgan fingerprint density at radius 3 is 2.56 bits per heavy atom. The van der Waals surface area contributed by atoms with E-state index in [9.17, 15) is 5.11 Å². The monoisotopic (exact) mass is 250 g/mol. The third-order valence-electron chi connectivity index (χ3n) is 3.20. The molecule has 0 spiro atoms. The zero-order valence-electron chi connectivity index (χ0n) is 12.2. The molecule has 3 nitrogen and oxygen atoms in total. The van der Waals surface area contributed by atoms with Crippen molar-refractivity contribution in [2.45, 2.75) is 32.8 Å². The molecule has 1 rings (SSSR count). The van der Waals surface area contributed by atoms with Crippen molar-refractivity contribution in [1.29, 1.82) is 0 Å². The van der Waals surface area contributed by atoms with Crippen LogP contribution in [-0.4, -0.2) is 38.4 Å². The molecule has 0 fully saturated rings. The summed E-state index contributed by atoms with van der Waals surface area (Å²) in [7, 11) is 3.91. The van der Waals surface area contributed by atoms with Gasteiger partial charge in [0, 0.05) is 25.8 Å². The van der Waals surface area contributed by atoms with Gasteiger partial charge in [-0.15, -0.1) is 0 Å². The first-order valence-electron chi connectivity index (χ1n) is 6.60. The van der Waals surface area contributed by atoms with Gasteiger partial charge >= 0.3 is 0 Å². The van der Waals surface area contributed by atoms with Crippen molar-refractivity contribution in [2.75, 3.05) is 32.1 Å². The Kier molecular flexibility index (Phi) is 5.63. The zero-order chi connectivity index (χ0) is 13.7. The molecule has 0 radical (unpaired) electrons. The Balaban J connectivity index is 2.93. The van der Waals surface area contributed by atoms with Crippen LogP contribution in [0.15, 0.2) is 18.2 Å². The summed E-state index contributed by atoms with van der Waals surface area (Å²) >= 11 is 0. The second-order valence-corrected chi connectivity index (χ2v) is 5.26. The van der Waals surface area contributed by atoms with Crippen LogP contribution in [0.2, 0.25) is 0 Å². The van der Waals surface area contributed by atoms with Crippen molar-refractivity contribution in [2.24, 2.45) is 0 Å². The van der Waals surface area contributed by atoms with Crippen molar-refractivity contribution < 1.29 is 5.11 Å². The highest BCUT2D eigenvalue weighted by Gasteiger charge is 2.15. The fraction of sp³-hybridized carbons (Fsp3) is 0.600. The molecule has 1 atom stereocenters. The molecular weight excluding hydrogens is 224 g/mol. The van der Waals surface area contributed by atoms with Crippen LogP contribution in [0.25, 0.3) is 0 Å². The highest BCUT2D eigenvalue weighted by molar-refractivity contribution is 5.60. The second kappa shape index (κ2) is 6.76. The van der Waals surface area contributed by atoms with Gasteiger partial charge in [0.2, 0.25) is 0 Å². The van der Waals surface area contributed by atoms with Crippen LogP contribution < -0.4 is 10.2 Å². The van der Waals surface area contributed by atoms with Crippen LogP contribution in [-0.2, 0) is 0 Å². The van der Waals surface area contributed by atoms with Crippen molar-refractivity contribution >= 4 is 5.69 Å². The maximum Gasteiger partial charge on any atom is 0.0838 e. The van der Waals surface area contributed by atoms with Gasteiger partial charge in [-0.05, 0) is 31.0 Å². The molecule has 0 aromatic heterocycles. The van der Waals surface area contributed by atoms with E-state index in [2.05, 4.69) is 49.2 Å². The lowest BCUT2D eigenvalue weighted by molar-refractivity contribution is 0.181. The molecule has 0 aliphatic heterocycles. The normalized spacial score (nSPS) is 12.8. The molecular formula is C15H26N2O. The summed E-state index contributed by atoms with van der Waals surface area (Å²) in [6.45, 7) is 7.80. The lowest BCUT2D eigenvalue weighted by Crippen LogP contribution is -2.36. The van der Waals surface area contributed by atoms with Gasteiger partial charge in [0.1, 0.15) is 0 Å². The van der Waals surface area contributed by atoms with Gasteiger partial charge in [-0.1, -0.05) is 32.0 Å². The van der Waals surface area contributed by atoms with Crippen LogP contribution in [0.4, 0.5) is 5.69 Å². The van der Waals surface area contributed by atoms with Gasteiger partial charge in [0.25, 0.3) is 0 Å². The molecule has 0 aliphatic rings. The summed E-state index contributed by atoms with van der Waals surface area (Å²) in [5.74, 6) is 0.490. The molecule has 1 unspecified atom stereocenters. The molecule has 1 aromatic carbocycles. The Labute approximate surface area is 111 Å². The standard InChI is InChI=1S/C15H26N2O/c1-11(2)14-8-6-7-12(3)15(14)17(5)10-13(18)9-16-4/h6-8,11,13,16,18H,9-10H2,1-5H3. The number of aliphatic hydroxyl groups excluding tert-OH is 1. The van der Waals surface area contributed by atoms with Gasteiger partial charge in [-0.2, -0.15) is 0 Å². The van der Waals surface area contributed by atoms with Gasteiger partial charge in [-0.25, -0.2) is 0 Å². The van der Waals surface area contributed by atoms with E-state index in [4.69, 9.17) is 0 Å². The van der Waals surface area contributed by atoms with E-state index < -0.39 is 0 Å². The van der Waals surface area contributed by atoms with Crippen molar-refractivity contribution in [3.8, 4) is 0 Å². The van der Waals surface area contributed by atoms with E-state index >= 15 is 0 Å². The van der Waals surface area contributed by atoms with E-state index in [-0.39, 0.29) is 6.10 Å². The molecule has 0 bridgehead atoms. The highest BCUT2D eigenvalue weighted by atomic mass is 16.3. The Morgan fingerprint density at radius 2 is 2.00 bits per heavy atom. The molecule has 0 saturated carbocycles. The van der Waals surface area contributed by atoms with Gasteiger partial charge < -0.3 is 15.3 Å². The molecule has 0 saturated heterocycles. The van der Waals surface area contributed by atoms with Crippen molar-refractivity contribution in [3.63, 3.8) is 0 Å². The summed E-state index contributed by atoms with van der Waals surface area (Å²) in [4.78, 5) is 2.16. The van der Waals surface area contributed by atoms with Crippen molar-refractivity contribution in [1.82, 2.24) is 5.32 Å². The van der Waals surface area contributed by atoms with Crippen LogP contribution in [0.3, 0.4) is 0 Å². The molecule has 0 aliphatic carbocycles. The smallest absolute Gasteiger partial charge is 0.0838 e. The molecule has 1 aromatic rings. The number of rotatable bonds is 6. The van der Waals surface area contributed by atoms with Crippen molar-refractivity contribution in [3.05, 3.63) is 29.3 Å². The zero-order valence-corrected chi connectivity index (χ0v) is 12.2. The minimum atomic E-state index is -0.348. The molecule has 18 heavy (non-hydrogen) atoms. The summed E-state index contributed by atoms with van der Waals surface area (Å²) in [5.41, 5.74) is 3.86. The number of aryl methyl sites for hydroxylation is 1. The Hall–Kier alpha value is -1.06. The predicted octanol–water partition coefficient (Wildman–Crippen LogP) is 2.13. The first-order chi connectivity index (χ1) is 8.47. The lowest BCUT2D eigenvalue weighted by atomic mass is 9.97. The van der Waals surface area contributed by atoms with Crippen LogP contribution in [0.1, 0.15) is 30.9 Å².